The smallest absolute Gasteiger partial charge is 0.481 e. The Balaban J connectivity index is 2.25. The average molecular weight is 409 g/mol. The SMILES string of the molecule is COC1C(O[P+](=O)S)C(CC(C(=O)O)C(=O)O)OC1N1C=CC(=O)NC1. The lowest BCUT2D eigenvalue weighted by atomic mass is 9.97. The first-order valence-electron chi connectivity index (χ1n) is 7.43. The maximum atomic E-state index is 11.4. The standard InChI is InChI=1S/C13H17N2O9PS/c1-22-10-9(24-25(21)26)7(4-6(12(17)18)13(19)20)23-11(10)15-3-2-8(16)14-5-15/h2-3,6-7,9-11H,4-5H2,1H3,(H3-,14,16,17,18,19,20,21,26)/p+1. The van der Waals surface area contributed by atoms with Crippen LogP contribution in [-0.4, -0.2) is 71.3 Å². The number of nitrogens with zero attached hydrogens (tertiary/aromatic N) is 1. The highest BCUT2D eigenvalue weighted by Gasteiger charge is 2.53. The molecule has 0 aromatic heterocycles. The molecule has 11 nitrogen and oxygen atoms in total. The van der Waals surface area contributed by atoms with Gasteiger partial charge in [0.1, 0.15) is 18.4 Å². The highest BCUT2D eigenvalue weighted by molar-refractivity contribution is 8.39. The quantitative estimate of drug-likeness (QED) is 0.240. The van der Waals surface area contributed by atoms with Crippen LogP contribution in [0.3, 0.4) is 0 Å². The predicted octanol–water partition coefficient (Wildman–Crippen LogP) is -0.223. The van der Waals surface area contributed by atoms with Crippen LogP contribution >= 0.6 is 19.5 Å². The van der Waals surface area contributed by atoms with Crippen molar-refractivity contribution < 1.29 is 43.2 Å². The molecule has 0 bridgehead atoms. The summed E-state index contributed by atoms with van der Waals surface area (Å²) in [7, 11) is -1.04. The van der Waals surface area contributed by atoms with E-state index >= 15 is 0 Å². The molecular formula is C13H18N2O9PS+. The Kier molecular flexibility index (Phi) is 6.95. The Morgan fingerprint density at radius 2 is 2.12 bits per heavy atom. The highest BCUT2D eigenvalue weighted by Crippen LogP contribution is 2.39. The molecule has 13 heteroatoms. The first-order valence-corrected chi connectivity index (χ1v) is 9.76. The zero-order valence-corrected chi connectivity index (χ0v) is 15.3. The number of amides is 1. The molecule has 3 N–H and O–H groups in total. The molecule has 5 atom stereocenters. The number of carboxylic acids is 2. The molecule has 0 aromatic rings. The van der Waals surface area contributed by atoms with Gasteiger partial charge >= 0.3 is 19.2 Å². The van der Waals surface area contributed by atoms with Crippen LogP contribution in [0.5, 0.6) is 0 Å². The molecule has 0 radical (unpaired) electrons. The van der Waals surface area contributed by atoms with Crippen molar-refractivity contribution in [3.8, 4) is 0 Å². The van der Waals surface area contributed by atoms with Crippen molar-refractivity contribution in [1.29, 1.82) is 0 Å². The van der Waals surface area contributed by atoms with E-state index in [0.717, 1.165) is 0 Å². The summed E-state index contributed by atoms with van der Waals surface area (Å²) < 4.78 is 27.8. The van der Waals surface area contributed by atoms with Crippen LogP contribution < -0.4 is 5.32 Å². The molecule has 1 fully saturated rings. The molecule has 2 aliphatic heterocycles. The zero-order chi connectivity index (χ0) is 19.4. The third-order valence-electron chi connectivity index (χ3n) is 4.01. The topological polar surface area (TPSA) is 152 Å². The number of ether oxygens (including phenoxy) is 2. The molecule has 5 unspecified atom stereocenters. The maximum Gasteiger partial charge on any atom is 0.582 e. The van der Waals surface area contributed by atoms with Crippen LogP contribution in [0.4, 0.5) is 0 Å². The number of carboxylic acid groups (broad SMARTS) is 2. The van der Waals surface area contributed by atoms with Gasteiger partial charge in [-0.05, 0) is 4.57 Å². The minimum Gasteiger partial charge on any atom is -0.481 e. The van der Waals surface area contributed by atoms with E-state index < -0.39 is 56.0 Å². The molecule has 0 saturated carbocycles. The molecule has 1 saturated heterocycles. The van der Waals surface area contributed by atoms with E-state index in [2.05, 4.69) is 17.6 Å². The summed E-state index contributed by atoms with van der Waals surface area (Å²) in [6.07, 6.45) is -1.39. The number of hydrogen-bond donors (Lipinski definition) is 4. The number of methoxy groups -OCH3 is 1. The number of hydrogen-bond acceptors (Lipinski definition) is 8. The van der Waals surface area contributed by atoms with Gasteiger partial charge in [-0.25, -0.2) is 0 Å². The van der Waals surface area contributed by atoms with Crippen LogP contribution in [0.2, 0.25) is 0 Å². The first-order chi connectivity index (χ1) is 12.2. The van der Waals surface area contributed by atoms with Crippen LogP contribution in [-0.2, 0) is 32.9 Å². The van der Waals surface area contributed by atoms with Gasteiger partial charge in [-0.3, -0.25) is 14.4 Å². The summed E-state index contributed by atoms with van der Waals surface area (Å²) in [4.78, 5) is 35.2. The van der Waals surface area contributed by atoms with Crippen molar-refractivity contribution in [2.45, 2.75) is 31.0 Å². The summed E-state index contributed by atoms with van der Waals surface area (Å²) in [6.45, 7) is 0.0909. The first kappa shape index (κ1) is 20.6. The van der Waals surface area contributed by atoms with Crippen molar-refractivity contribution in [1.82, 2.24) is 10.2 Å². The summed E-state index contributed by atoms with van der Waals surface area (Å²) in [5.74, 6) is -5.10. The molecule has 2 rings (SSSR count). The van der Waals surface area contributed by atoms with E-state index in [0.29, 0.717) is 0 Å². The number of rotatable bonds is 8. The van der Waals surface area contributed by atoms with Gasteiger partial charge in [0.05, 0.1) is 12.8 Å². The van der Waals surface area contributed by atoms with E-state index in [1.54, 1.807) is 4.90 Å². The average Bonchev–Trinajstić information content (AvgIpc) is 2.89. The molecule has 2 aliphatic rings. The number of nitrogens with one attached hydrogen (secondary N) is 1. The van der Waals surface area contributed by atoms with Crippen molar-refractivity contribution in [3.63, 3.8) is 0 Å². The lowest BCUT2D eigenvalue weighted by Crippen LogP contribution is -2.49. The van der Waals surface area contributed by atoms with Gasteiger partial charge in [-0.2, -0.15) is 0 Å². The fraction of sp³-hybridized carbons (Fsp3) is 0.615. The predicted molar refractivity (Wildman–Crippen MR) is 88.3 cm³/mol. The minimum absolute atomic E-state index is 0.0909. The maximum absolute atomic E-state index is 11.4. The number of carbonyl (C=O) groups excluding carboxylic acids is 1. The lowest BCUT2D eigenvalue weighted by Gasteiger charge is -2.32. The fourth-order valence-electron chi connectivity index (χ4n) is 2.81. The van der Waals surface area contributed by atoms with Gasteiger partial charge in [0.15, 0.2) is 18.2 Å². The normalized spacial score (nSPS) is 29.0. The highest BCUT2D eigenvalue weighted by atomic mass is 32.7. The van der Waals surface area contributed by atoms with Gasteiger partial charge in [-0.15, -0.1) is 4.52 Å². The van der Waals surface area contributed by atoms with E-state index in [4.69, 9.17) is 24.2 Å². The number of carbonyl (C=O) groups is 3. The monoisotopic (exact) mass is 409 g/mol. The van der Waals surface area contributed by atoms with Gasteiger partial charge in [0.25, 0.3) is 0 Å². The van der Waals surface area contributed by atoms with E-state index in [9.17, 15) is 18.9 Å². The number of aliphatic carboxylic acids is 2. The molecule has 1 amide bonds. The Labute approximate surface area is 154 Å². The largest absolute Gasteiger partial charge is 0.582 e. The van der Waals surface area contributed by atoms with Crippen LogP contribution in [0.15, 0.2) is 12.3 Å². The van der Waals surface area contributed by atoms with E-state index in [1.807, 2.05) is 0 Å². The van der Waals surface area contributed by atoms with Gasteiger partial charge in [0.2, 0.25) is 5.91 Å². The summed E-state index contributed by atoms with van der Waals surface area (Å²) >= 11 is 3.69. The Morgan fingerprint density at radius 3 is 2.58 bits per heavy atom. The molecule has 144 valence electrons. The summed E-state index contributed by atoms with van der Waals surface area (Å²) in [5.41, 5.74) is 0. The minimum atomic E-state index is -2.39. The molecule has 0 aromatic carbocycles. The zero-order valence-electron chi connectivity index (χ0n) is 13.5. The summed E-state index contributed by atoms with van der Waals surface area (Å²) in [5, 5.41) is 20.7. The van der Waals surface area contributed by atoms with Gasteiger partial charge < -0.3 is 29.9 Å². The molecule has 0 aliphatic carbocycles. The second-order valence-electron chi connectivity index (χ2n) is 5.57. The van der Waals surface area contributed by atoms with E-state index in [1.165, 1.54) is 19.4 Å². The Hall–Kier alpha value is -1.72. The van der Waals surface area contributed by atoms with E-state index in [-0.39, 0.29) is 12.6 Å². The molecular weight excluding hydrogens is 391 g/mol. The van der Waals surface area contributed by atoms with Crippen molar-refractivity contribution in [2.75, 3.05) is 13.8 Å². The Morgan fingerprint density at radius 1 is 1.46 bits per heavy atom. The van der Waals surface area contributed by atoms with Crippen molar-refractivity contribution in [2.24, 2.45) is 5.92 Å². The lowest BCUT2D eigenvalue weighted by molar-refractivity contribution is -0.157. The van der Waals surface area contributed by atoms with Crippen LogP contribution in [0.1, 0.15) is 6.42 Å². The van der Waals surface area contributed by atoms with Crippen LogP contribution in [0, 0.1) is 5.92 Å². The molecule has 0 spiro atoms. The molecule has 2 heterocycles. The summed E-state index contributed by atoms with van der Waals surface area (Å²) in [6, 6.07) is 0. The van der Waals surface area contributed by atoms with Crippen LogP contribution in [0.25, 0.3) is 0 Å². The fourth-order valence-corrected chi connectivity index (χ4v) is 3.60. The second-order valence-corrected chi connectivity index (χ2v) is 7.23. The second kappa shape index (κ2) is 8.78. The Bertz CT molecular complexity index is 617. The third-order valence-corrected chi connectivity index (χ3v) is 4.72. The van der Waals surface area contributed by atoms with Crippen molar-refractivity contribution in [3.05, 3.63) is 12.3 Å². The third kappa shape index (κ3) is 4.71. The number of thiol groups is 1. The van der Waals surface area contributed by atoms with Crippen molar-refractivity contribution >= 4 is 37.3 Å². The molecule has 26 heavy (non-hydrogen) atoms. The van der Waals surface area contributed by atoms with Gasteiger partial charge in [0, 0.05) is 25.8 Å². The van der Waals surface area contributed by atoms with Gasteiger partial charge in [-0.1, -0.05) is 0 Å².